The SMILES string of the molecule is COc1ccc(C2(C(=O)N3CCC4(CC3)C[C@@H](Oc3ccccc3F)CO4)CCOCC2)cc1. The number of piperidine rings is 1. The Kier molecular flexibility index (Phi) is 6.49. The van der Waals surface area contributed by atoms with E-state index in [9.17, 15) is 9.18 Å². The number of nitrogens with zero attached hydrogens (tertiary/aromatic N) is 1. The molecule has 1 amide bonds. The van der Waals surface area contributed by atoms with Crippen molar-refractivity contribution in [3.8, 4) is 11.5 Å². The molecule has 1 atom stereocenters. The van der Waals surface area contributed by atoms with E-state index in [4.69, 9.17) is 18.9 Å². The summed E-state index contributed by atoms with van der Waals surface area (Å²) in [6, 6.07) is 14.3. The molecule has 0 N–H and O–H groups in total. The number of hydrogen-bond acceptors (Lipinski definition) is 5. The molecule has 0 radical (unpaired) electrons. The summed E-state index contributed by atoms with van der Waals surface area (Å²) in [7, 11) is 1.64. The molecule has 34 heavy (non-hydrogen) atoms. The van der Waals surface area contributed by atoms with E-state index in [1.807, 2.05) is 29.2 Å². The summed E-state index contributed by atoms with van der Waals surface area (Å²) in [6.07, 6.45) is 3.39. The Labute approximate surface area is 199 Å². The van der Waals surface area contributed by atoms with Crippen molar-refractivity contribution in [1.29, 1.82) is 0 Å². The number of halogens is 1. The summed E-state index contributed by atoms with van der Waals surface area (Å²) in [5, 5.41) is 0. The van der Waals surface area contributed by atoms with Crippen molar-refractivity contribution in [2.24, 2.45) is 0 Å². The lowest BCUT2D eigenvalue weighted by molar-refractivity contribution is -0.146. The molecule has 3 saturated heterocycles. The van der Waals surface area contributed by atoms with E-state index >= 15 is 0 Å². The number of para-hydroxylation sites is 1. The van der Waals surface area contributed by atoms with Gasteiger partial charge in [-0.25, -0.2) is 4.39 Å². The molecule has 0 unspecified atom stereocenters. The van der Waals surface area contributed by atoms with E-state index in [1.165, 1.54) is 6.07 Å². The fourth-order valence-electron chi connectivity index (χ4n) is 5.62. The number of hydrogen-bond donors (Lipinski definition) is 0. The third kappa shape index (κ3) is 4.39. The first-order chi connectivity index (χ1) is 16.5. The number of rotatable bonds is 5. The van der Waals surface area contributed by atoms with Crippen LogP contribution in [0.2, 0.25) is 0 Å². The van der Waals surface area contributed by atoms with Crippen molar-refractivity contribution in [2.45, 2.75) is 49.2 Å². The Morgan fingerprint density at radius 1 is 1.03 bits per heavy atom. The molecule has 2 aromatic rings. The van der Waals surface area contributed by atoms with Gasteiger partial charge >= 0.3 is 0 Å². The van der Waals surface area contributed by atoms with Crippen LogP contribution < -0.4 is 9.47 Å². The molecule has 5 rings (SSSR count). The second-order valence-electron chi connectivity index (χ2n) is 9.58. The summed E-state index contributed by atoms with van der Waals surface area (Å²) in [5.74, 6) is 0.864. The van der Waals surface area contributed by atoms with Gasteiger partial charge in [0.15, 0.2) is 11.6 Å². The summed E-state index contributed by atoms with van der Waals surface area (Å²) < 4.78 is 37.0. The van der Waals surface area contributed by atoms with Crippen molar-refractivity contribution in [1.82, 2.24) is 4.90 Å². The Morgan fingerprint density at radius 2 is 1.74 bits per heavy atom. The van der Waals surface area contributed by atoms with Gasteiger partial charge in [-0.05, 0) is 55.5 Å². The second kappa shape index (κ2) is 9.55. The first-order valence-corrected chi connectivity index (χ1v) is 12.1. The highest BCUT2D eigenvalue weighted by molar-refractivity contribution is 5.88. The quantitative estimate of drug-likeness (QED) is 0.660. The normalized spacial score (nSPS) is 23.6. The van der Waals surface area contributed by atoms with E-state index < -0.39 is 5.41 Å². The number of ether oxygens (including phenoxy) is 4. The molecule has 6 nitrogen and oxygen atoms in total. The van der Waals surface area contributed by atoms with Gasteiger partial charge in [0, 0.05) is 32.7 Å². The lowest BCUT2D eigenvalue weighted by Gasteiger charge is -2.44. The van der Waals surface area contributed by atoms with Crippen LogP contribution in [0.15, 0.2) is 48.5 Å². The second-order valence-corrected chi connectivity index (χ2v) is 9.58. The molecular formula is C27H32FNO5. The minimum Gasteiger partial charge on any atom is -0.497 e. The molecular weight excluding hydrogens is 437 g/mol. The summed E-state index contributed by atoms with van der Waals surface area (Å²) in [4.78, 5) is 15.9. The molecule has 0 saturated carbocycles. The van der Waals surface area contributed by atoms with Gasteiger partial charge in [0.1, 0.15) is 11.9 Å². The van der Waals surface area contributed by atoms with E-state index in [2.05, 4.69) is 0 Å². The van der Waals surface area contributed by atoms with E-state index in [1.54, 1.807) is 25.3 Å². The zero-order chi connectivity index (χ0) is 23.6. The highest BCUT2D eigenvalue weighted by atomic mass is 19.1. The number of amides is 1. The van der Waals surface area contributed by atoms with Crippen molar-refractivity contribution in [3.63, 3.8) is 0 Å². The van der Waals surface area contributed by atoms with E-state index in [0.717, 1.165) is 24.2 Å². The predicted octanol–water partition coefficient (Wildman–Crippen LogP) is 4.11. The Balaban J connectivity index is 1.25. The van der Waals surface area contributed by atoms with Crippen LogP contribution in [0.4, 0.5) is 4.39 Å². The van der Waals surface area contributed by atoms with Gasteiger partial charge in [0.05, 0.1) is 24.7 Å². The van der Waals surface area contributed by atoms with Gasteiger partial charge in [-0.2, -0.15) is 0 Å². The minimum atomic E-state index is -0.567. The van der Waals surface area contributed by atoms with Crippen LogP contribution in [0.25, 0.3) is 0 Å². The van der Waals surface area contributed by atoms with E-state index in [-0.39, 0.29) is 29.2 Å². The predicted molar refractivity (Wildman–Crippen MR) is 125 cm³/mol. The van der Waals surface area contributed by atoms with Crippen LogP contribution in [-0.2, 0) is 19.7 Å². The summed E-state index contributed by atoms with van der Waals surface area (Å²) in [6.45, 7) is 2.88. The number of methoxy groups -OCH3 is 1. The zero-order valence-corrected chi connectivity index (χ0v) is 19.6. The maximum atomic E-state index is 14.0. The van der Waals surface area contributed by atoms with Crippen molar-refractivity contribution < 1.29 is 28.1 Å². The average Bonchev–Trinajstić information content (AvgIpc) is 3.27. The zero-order valence-electron chi connectivity index (χ0n) is 19.6. The molecule has 2 aromatic carbocycles. The first-order valence-electron chi connectivity index (χ1n) is 12.1. The Bertz CT molecular complexity index is 996. The van der Waals surface area contributed by atoms with Crippen LogP contribution in [0.1, 0.15) is 37.7 Å². The van der Waals surface area contributed by atoms with Crippen LogP contribution in [0.5, 0.6) is 11.5 Å². The largest absolute Gasteiger partial charge is 0.497 e. The molecule has 7 heteroatoms. The van der Waals surface area contributed by atoms with Gasteiger partial charge < -0.3 is 23.8 Å². The standard InChI is InChI=1S/C27H32FNO5/c1-31-21-8-6-20(7-9-21)27(12-16-32-17-13-27)25(30)29-14-10-26(11-15-29)18-22(19-33-26)34-24-5-3-2-4-23(24)28/h2-9,22H,10-19H2,1H3/t22-/m1/s1. The van der Waals surface area contributed by atoms with Crippen molar-refractivity contribution >= 4 is 5.91 Å². The van der Waals surface area contributed by atoms with Gasteiger partial charge in [-0.3, -0.25) is 4.79 Å². The number of carbonyl (C=O) groups excluding carboxylic acids is 1. The molecule has 0 aliphatic carbocycles. The smallest absolute Gasteiger partial charge is 0.233 e. The van der Waals surface area contributed by atoms with Gasteiger partial charge in [-0.1, -0.05) is 24.3 Å². The molecule has 1 spiro atoms. The monoisotopic (exact) mass is 469 g/mol. The maximum Gasteiger partial charge on any atom is 0.233 e. The summed E-state index contributed by atoms with van der Waals surface area (Å²) >= 11 is 0. The topological polar surface area (TPSA) is 57.2 Å². The van der Waals surface area contributed by atoms with Crippen LogP contribution in [0, 0.1) is 5.82 Å². The lowest BCUT2D eigenvalue weighted by atomic mass is 9.72. The third-order valence-electron chi connectivity index (χ3n) is 7.67. The Morgan fingerprint density at radius 3 is 2.41 bits per heavy atom. The average molecular weight is 470 g/mol. The molecule has 0 bridgehead atoms. The number of benzene rings is 2. The minimum absolute atomic E-state index is 0.174. The molecule has 3 fully saturated rings. The summed E-state index contributed by atoms with van der Waals surface area (Å²) in [5.41, 5.74) is 0.148. The van der Waals surface area contributed by atoms with Crippen molar-refractivity contribution in [2.75, 3.05) is 40.0 Å². The number of likely N-dealkylation sites (tertiary alicyclic amines) is 1. The van der Waals surface area contributed by atoms with Gasteiger partial charge in [0.25, 0.3) is 0 Å². The van der Waals surface area contributed by atoms with Gasteiger partial charge in [-0.15, -0.1) is 0 Å². The third-order valence-corrected chi connectivity index (χ3v) is 7.67. The molecule has 3 aliphatic rings. The molecule has 0 aromatic heterocycles. The van der Waals surface area contributed by atoms with Crippen LogP contribution >= 0.6 is 0 Å². The molecule has 3 heterocycles. The van der Waals surface area contributed by atoms with Crippen LogP contribution in [-0.4, -0.2) is 62.5 Å². The Hall–Kier alpha value is -2.64. The molecule has 3 aliphatic heterocycles. The lowest BCUT2D eigenvalue weighted by Crippen LogP contribution is -2.54. The highest BCUT2D eigenvalue weighted by Gasteiger charge is 2.48. The number of carbonyl (C=O) groups is 1. The molecule has 182 valence electrons. The van der Waals surface area contributed by atoms with Gasteiger partial charge in [0.2, 0.25) is 5.91 Å². The maximum absolute atomic E-state index is 14.0. The van der Waals surface area contributed by atoms with E-state index in [0.29, 0.717) is 52.2 Å². The fraction of sp³-hybridized carbons (Fsp3) is 0.519. The highest BCUT2D eigenvalue weighted by Crippen LogP contribution is 2.41. The van der Waals surface area contributed by atoms with Crippen LogP contribution in [0.3, 0.4) is 0 Å². The fourth-order valence-corrected chi connectivity index (χ4v) is 5.62. The first kappa shape index (κ1) is 23.1. The van der Waals surface area contributed by atoms with Crippen molar-refractivity contribution in [3.05, 3.63) is 59.9 Å².